The van der Waals surface area contributed by atoms with Crippen molar-refractivity contribution in [3.05, 3.63) is 77.4 Å². The normalized spacial score (nSPS) is 11.2. The Balaban J connectivity index is 2.19. The minimum absolute atomic E-state index is 0.0660. The van der Waals surface area contributed by atoms with Crippen LogP contribution in [-0.2, 0) is 10.1 Å². The van der Waals surface area contributed by atoms with Gasteiger partial charge in [-0.15, -0.1) is 0 Å². The van der Waals surface area contributed by atoms with Crippen LogP contribution >= 0.6 is 0 Å². The molecule has 0 aliphatic heterocycles. The average molecular weight is 468 g/mol. The SMILES string of the molecule is Cc1cc(N)c(O)c(N=NC(=[N+]=Nc2cc(S(=O)(=O)O)ccc2C(=O)O)c2ccccc2)c1. The van der Waals surface area contributed by atoms with Crippen molar-refractivity contribution in [3.63, 3.8) is 0 Å². The number of nitrogens with two attached hydrogens (primary N) is 1. The lowest BCUT2D eigenvalue weighted by Gasteiger charge is -2.01. The molecule has 3 aromatic rings. The van der Waals surface area contributed by atoms with Crippen LogP contribution in [0.1, 0.15) is 21.5 Å². The number of hydrogen-bond donors (Lipinski definition) is 4. The molecular weight excluding hydrogens is 450 g/mol. The summed E-state index contributed by atoms with van der Waals surface area (Å²) in [6.45, 7) is 1.76. The minimum Gasteiger partial charge on any atom is -0.504 e. The van der Waals surface area contributed by atoms with E-state index in [9.17, 15) is 28.0 Å². The van der Waals surface area contributed by atoms with E-state index in [1.807, 2.05) is 0 Å². The van der Waals surface area contributed by atoms with E-state index < -0.39 is 21.0 Å². The number of phenolic OH excluding ortho intramolecular Hbond substituents is 1. The largest absolute Gasteiger partial charge is 0.504 e. The Morgan fingerprint density at radius 3 is 2.36 bits per heavy atom. The molecule has 0 aliphatic carbocycles. The molecule has 0 aliphatic rings. The molecule has 0 saturated heterocycles. The van der Waals surface area contributed by atoms with Crippen LogP contribution in [0, 0.1) is 6.92 Å². The van der Waals surface area contributed by atoms with Gasteiger partial charge in [0.2, 0.25) is 0 Å². The molecule has 0 bridgehead atoms. The van der Waals surface area contributed by atoms with Crippen LogP contribution in [0.5, 0.6) is 5.75 Å². The molecular formula is C21H18N5O6S+. The highest BCUT2D eigenvalue weighted by Gasteiger charge is 2.20. The summed E-state index contributed by atoms with van der Waals surface area (Å²) in [6.07, 6.45) is 0. The maximum absolute atomic E-state index is 11.5. The first-order valence-electron chi connectivity index (χ1n) is 9.26. The zero-order valence-corrected chi connectivity index (χ0v) is 17.9. The van der Waals surface area contributed by atoms with E-state index in [2.05, 4.69) is 20.1 Å². The van der Waals surface area contributed by atoms with Crippen LogP contribution < -0.4 is 5.73 Å². The van der Waals surface area contributed by atoms with Crippen LogP contribution in [0.2, 0.25) is 0 Å². The highest BCUT2D eigenvalue weighted by Crippen LogP contribution is 2.34. The molecule has 11 nitrogen and oxygen atoms in total. The van der Waals surface area contributed by atoms with Crippen molar-refractivity contribution in [3.8, 4) is 5.75 Å². The highest BCUT2D eigenvalue weighted by molar-refractivity contribution is 7.85. The number of benzene rings is 3. The summed E-state index contributed by atoms with van der Waals surface area (Å²) in [4.78, 5) is 14.9. The number of aryl methyl sites for hydroxylation is 1. The molecule has 0 unspecified atom stereocenters. The first kappa shape index (κ1) is 23.3. The molecule has 0 heterocycles. The van der Waals surface area contributed by atoms with Gasteiger partial charge in [-0.1, -0.05) is 23.0 Å². The van der Waals surface area contributed by atoms with Gasteiger partial charge in [-0.2, -0.15) is 8.42 Å². The number of nitrogen functional groups attached to an aromatic ring is 1. The van der Waals surface area contributed by atoms with E-state index in [4.69, 9.17) is 5.73 Å². The molecule has 0 saturated carbocycles. The molecule has 3 aromatic carbocycles. The molecule has 12 heteroatoms. The van der Waals surface area contributed by atoms with E-state index in [0.717, 1.165) is 23.8 Å². The number of carboxylic acid groups (broad SMARTS) is 1. The fourth-order valence-electron chi connectivity index (χ4n) is 2.72. The lowest BCUT2D eigenvalue weighted by Crippen LogP contribution is -2.02. The van der Waals surface area contributed by atoms with Crippen molar-refractivity contribution in [2.75, 3.05) is 5.73 Å². The number of carbonyl (C=O) groups is 1. The van der Waals surface area contributed by atoms with E-state index in [1.54, 1.807) is 49.4 Å². The summed E-state index contributed by atoms with van der Waals surface area (Å²) in [5.74, 6) is -1.72. The molecule has 0 fully saturated rings. The summed E-state index contributed by atoms with van der Waals surface area (Å²) in [6, 6.07) is 14.3. The average Bonchev–Trinajstić information content (AvgIpc) is 2.76. The Morgan fingerprint density at radius 1 is 1.03 bits per heavy atom. The zero-order chi connectivity index (χ0) is 24.2. The highest BCUT2D eigenvalue weighted by atomic mass is 32.2. The second-order valence-corrected chi connectivity index (χ2v) is 8.19. The van der Waals surface area contributed by atoms with Gasteiger partial charge in [-0.05, 0) is 60.1 Å². The number of phenols is 1. The summed E-state index contributed by atoms with van der Waals surface area (Å²) >= 11 is 0. The smallest absolute Gasteiger partial charge is 0.477 e. The van der Waals surface area contributed by atoms with E-state index >= 15 is 0 Å². The van der Waals surface area contributed by atoms with Gasteiger partial charge in [0.1, 0.15) is 10.8 Å². The maximum atomic E-state index is 11.5. The number of aromatic carboxylic acids is 1. The van der Waals surface area contributed by atoms with Crippen molar-refractivity contribution in [2.24, 2.45) is 15.3 Å². The summed E-state index contributed by atoms with van der Waals surface area (Å²) in [7, 11) is -4.60. The van der Waals surface area contributed by atoms with Gasteiger partial charge in [-0.25, -0.2) is 4.79 Å². The second-order valence-electron chi connectivity index (χ2n) is 6.77. The first-order chi connectivity index (χ1) is 15.6. The minimum atomic E-state index is -4.60. The van der Waals surface area contributed by atoms with Gasteiger partial charge in [0.15, 0.2) is 11.4 Å². The number of carboxylic acids is 1. The molecule has 33 heavy (non-hydrogen) atoms. The number of rotatable bonds is 5. The Morgan fingerprint density at radius 2 is 1.73 bits per heavy atom. The number of nitrogens with zero attached hydrogens (tertiary/aromatic N) is 4. The van der Waals surface area contributed by atoms with Gasteiger partial charge >= 0.3 is 11.8 Å². The van der Waals surface area contributed by atoms with Gasteiger partial charge in [0.25, 0.3) is 10.1 Å². The number of azo groups is 1. The monoisotopic (exact) mass is 468 g/mol. The summed E-state index contributed by atoms with van der Waals surface area (Å²) < 4.78 is 32.1. The topological polar surface area (TPSA) is 189 Å². The third kappa shape index (κ3) is 5.66. The molecule has 0 radical (unpaired) electrons. The predicted molar refractivity (Wildman–Crippen MR) is 118 cm³/mol. The summed E-state index contributed by atoms with van der Waals surface area (Å²) in [5, 5.41) is 31.3. The molecule has 168 valence electrons. The van der Waals surface area contributed by atoms with Crippen molar-refractivity contribution >= 4 is 39.0 Å². The van der Waals surface area contributed by atoms with Crippen LogP contribution in [0.15, 0.2) is 80.9 Å². The Kier molecular flexibility index (Phi) is 6.64. The fraction of sp³-hybridized carbons (Fsp3) is 0.0476. The van der Waals surface area contributed by atoms with Crippen molar-refractivity contribution in [2.45, 2.75) is 11.8 Å². The van der Waals surface area contributed by atoms with Gasteiger partial charge < -0.3 is 15.9 Å². The number of hydrogen-bond acceptors (Lipinski definition) is 7. The third-order valence-corrected chi connectivity index (χ3v) is 5.15. The lowest BCUT2D eigenvalue weighted by atomic mass is 10.2. The number of aromatic hydroxyl groups is 1. The molecule has 0 atom stereocenters. The van der Waals surface area contributed by atoms with Crippen LogP contribution in [-0.4, -0.2) is 39.8 Å². The standard InChI is InChI=1S/C21H17N5O6S/c1-12-9-16(22)19(27)18(10-12)24-26-20(13-5-3-2-4-6-13)25-23-17-11-14(33(30,31)32)7-8-15(17)21(28)29/h2-11H,1H3,(H4,22,23,24,28,29,30,31,32)/p+1. The van der Waals surface area contributed by atoms with Crippen LogP contribution in [0.3, 0.4) is 0 Å². The quantitative estimate of drug-likeness (QED) is 0.0833. The maximum Gasteiger partial charge on any atom is 0.477 e. The van der Waals surface area contributed by atoms with Crippen molar-refractivity contribution < 1.29 is 32.8 Å². The van der Waals surface area contributed by atoms with E-state index in [0.29, 0.717) is 5.56 Å². The van der Waals surface area contributed by atoms with Gasteiger partial charge in [0.05, 0.1) is 21.7 Å². The van der Waals surface area contributed by atoms with E-state index in [-0.39, 0.29) is 34.2 Å². The van der Waals surface area contributed by atoms with E-state index in [1.165, 1.54) is 0 Å². The molecule has 0 spiro atoms. The zero-order valence-electron chi connectivity index (χ0n) is 17.1. The van der Waals surface area contributed by atoms with Gasteiger partial charge in [0, 0.05) is 5.11 Å². The predicted octanol–water partition coefficient (Wildman–Crippen LogP) is 3.75. The van der Waals surface area contributed by atoms with Crippen molar-refractivity contribution in [1.82, 2.24) is 0 Å². The third-order valence-electron chi connectivity index (χ3n) is 4.30. The Hall–Kier alpha value is -4.38. The fourth-order valence-corrected chi connectivity index (χ4v) is 3.22. The number of amidine groups is 1. The van der Waals surface area contributed by atoms with Crippen LogP contribution in [0.25, 0.3) is 0 Å². The lowest BCUT2D eigenvalue weighted by molar-refractivity contribution is -0.0783. The molecule has 0 aromatic heterocycles. The number of anilines is 1. The first-order valence-corrected chi connectivity index (χ1v) is 10.7. The molecule has 5 N–H and O–H groups in total. The van der Waals surface area contributed by atoms with Gasteiger partial charge in [-0.3, -0.25) is 4.55 Å². The molecule has 0 amide bonds. The second kappa shape index (κ2) is 9.40. The Labute approximate surface area is 188 Å². The molecule has 3 rings (SSSR count). The summed E-state index contributed by atoms with van der Waals surface area (Å²) in [5.41, 5.74) is 6.44. The van der Waals surface area contributed by atoms with Crippen LogP contribution in [0.4, 0.5) is 17.1 Å². The van der Waals surface area contributed by atoms with Crippen molar-refractivity contribution in [1.29, 1.82) is 0 Å². The Bertz CT molecular complexity index is 1430.